The smallest absolute Gasteiger partial charge is 0.325 e. The van der Waals surface area contributed by atoms with Gasteiger partial charge in [-0.3, -0.25) is 9.59 Å². The van der Waals surface area contributed by atoms with E-state index in [-0.39, 0.29) is 22.8 Å². The largest absolute Gasteiger partial charge is 0.480 e. The molecule has 25 heavy (non-hydrogen) atoms. The van der Waals surface area contributed by atoms with E-state index >= 15 is 0 Å². The molecule has 0 amide bonds. The van der Waals surface area contributed by atoms with E-state index < -0.39 is 27.4 Å². The van der Waals surface area contributed by atoms with Crippen LogP contribution < -0.4 is 4.72 Å². The lowest BCUT2D eigenvalue weighted by Gasteiger charge is -2.14. The number of rotatable bonds is 7. The van der Waals surface area contributed by atoms with Gasteiger partial charge in [-0.05, 0) is 24.1 Å². The summed E-state index contributed by atoms with van der Waals surface area (Å²) in [6, 6.07) is 11.8. The Balaban J connectivity index is 1.87. The van der Waals surface area contributed by atoms with E-state index in [1.165, 1.54) is 12.1 Å². The van der Waals surface area contributed by atoms with Gasteiger partial charge in [0.1, 0.15) is 9.75 Å². The highest BCUT2D eigenvalue weighted by molar-refractivity contribution is 7.91. The van der Waals surface area contributed by atoms with Crippen molar-refractivity contribution in [1.29, 1.82) is 0 Å². The number of aliphatic carboxylic acids is 1. The summed E-state index contributed by atoms with van der Waals surface area (Å²) < 4.78 is 27.5. The number of carboxylic acid groups (broad SMARTS) is 1. The predicted molar refractivity (Wildman–Crippen MR) is 93.4 cm³/mol. The van der Waals surface area contributed by atoms with Crippen molar-refractivity contribution in [3.63, 3.8) is 0 Å². The molecule has 1 aliphatic carbocycles. The van der Waals surface area contributed by atoms with Crippen LogP contribution in [-0.4, -0.2) is 30.8 Å². The van der Waals surface area contributed by atoms with Gasteiger partial charge in [0.25, 0.3) is 10.0 Å². The second kappa shape index (κ2) is 6.36. The second-order valence-corrected chi connectivity index (χ2v) is 8.94. The molecule has 1 aliphatic rings. The van der Waals surface area contributed by atoms with Gasteiger partial charge in [-0.1, -0.05) is 37.3 Å². The number of thiophene rings is 1. The molecule has 0 radical (unpaired) electrons. The third kappa shape index (κ3) is 3.24. The Morgan fingerprint density at radius 2 is 1.92 bits per heavy atom. The highest BCUT2D eigenvalue weighted by Gasteiger charge is 2.63. The minimum atomic E-state index is -4.03. The predicted octanol–water partition coefficient (Wildman–Crippen LogP) is 2.63. The van der Waals surface area contributed by atoms with Crippen LogP contribution in [-0.2, 0) is 14.8 Å². The van der Waals surface area contributed by atoms with Crippen molar-refractivity contribution in [2.45, 2.75) is 35.4 Å². The SMILES string of the molecule is CCC(=O)c1ccc(S(=O)(=O)NC2(C(=O)O)C[C@H]2c2ccccc2)s1. The number of ketones is 1. The van der Waals surface area contributed by atoms with E-state index in [0.29, 0.717) is 4.88 Å². The topological polar surface area (TPSA) is 101 Å². The third-order valence-electron chi connectivity index (χ3n) is 4.30. The number of sulfonamides is 1. The van der Waals surface area contributed by atoms with Crippen molar-refractivity contribution in [3.8, 4) is 0 Å². The normalized spacial score (nSPS) is 22.5. The van der Waals surface area contributed by atoms with Gasteiger partial charge >= 0.3 is 5.97 Å². The molecule has 1 aromatic heterocycles. The van der Waals surface area contributed by atoms with Gasteiger partial charge in [-0.15, -0.1) is 11.3 Å². The lowest BCUT2D eigenvalue weighted by atomic mass is 10.1. The van der Waals surface area contributed by atoms with Crippen molar-refractivity contribution in [2.24, 2.45) is 0 Å². The summed E-state index contributed by atoms with van der Waals surface area (Å²) in [5.74, 6) is -1.77. The van der Waals surface area contributed by atoms with Crippen LogP contribution in [0.1, 0.15) is 40.9 Å². The first-order valence-corrected chi connectivity index (χ1v) is 10.1. The maximum atomic E-state index is 12.6. The Hall–Kier alpha value is -2.03. The van der Waals surface area contributed by atoms with Crippen LogP contribution in [0.4, 0.5) is 0 Å². The highest BCUT2D eigenvalue weighted by Crippen LogP contribution is 2.52. The molecular formula is C17H17NO5S2. The van der Waals surface area contributed by atoms with Gasteiger partial charge in [0.2, 0.25) is 0 Å². The fraction of sp³-hybridized carbons (Fsp3) is 0.294. The van der Waals surface area contributed by atoms with E-state index in [2.05, 4.69) is 4.72 Å². The zero-order valence-electron chi connectivity index (χ0n) is 13.4. The summed E-state index contributed by atoms with van der Waals surface area (Å²) in [6.45, 7) is 1.70. The lowest BCUT2D eigenvalue weighted by molar-refractivity contribution is -0.140. The van der Waals surface area contributed by atoms with Gasteiger partial charge in [0, 0.05) is 12.3 Å². The van der Waals surface area contributed by atoms with E-state index in [1.54, 1.807) is 31.2 Å². The average molecular weight is 379 g/mol. The Kier molecular flexibility index (Phi) is 4.52. The van der Waals surface area contributed by atoms with Gasteiger partial charge in [-0.25, -0.2) is 8.42 Å². The first-order valence-electron chi connectivity index (χ1n) is 7.75. The Morgan fingerprint density at radius 1 is 1.24 bits per heavy atom. The molecule has 1 heterocycles. The van der Waals surface area contributed by atoms with Crippen LogP contribution in [0.25, 0.3) is 0 Å². The molecule has 2 atom stereocenters. The summed E-state index contributed by atoms with van der Waals surface area (Å²) in [5, 5.41) is 9.60. The summed E-state index contributed by atoms with van der Waals surface area (Å²) >= 11 is 0.857. The molecule has 0 aliphatic heterocycles. The zero-order chi connectivity index (χ0) is 18.2. The molecule has 3 rings (SSSR count). The first-order chi connectivity index (χ1) is 11.8. The van der Waals surface area contributed by atoms with Crippen LogP contribution in [0.2, 0.25) is 0 Å². The number of hydrogen-bond donors (Lipinski definition) is 2. The molecular weight excluding hydrogens is 362 g/mol. The van der Waals surface area contributed by atoms with Crippen LogP contribution in [0.5, 0.6) is 0 Å². The highest BCUT2D eigenvalue weighted by atomic mass is 32.2. The van der Waals surface area contributed by atoms with E-state index in [0.717, 1.165) is 16.9 Å². The summed E-state index contributed by atoms with van der Waals surface area (Å²) in [4.78, 5) is 23.8. The van der Waals surface area contributed by atoms with Crippen molar-refractivity contribution < 1.29 is 23.1 Å². The van der Waals surface area contributed by atoms with Crippen molar-refractivity contribution in [3.05, 3.63) is 52.9 Å². The average Bonchev–Trinajstić information content (AvgIpc) is 3.08. The van der Waals surface area contributed by atoms with E-state index in [9.17, 15) is 23.1 Å². The van der Waals surface area contributed by atoms with Crippen molar-refractivity contribution in [2.75, 3.05) is 0 Å². The fourth-order valence-electron chi connectivity index (χ4n) is 2.82. The molecule has 1 fully saturated rings. The van der Waals surface area contributed by atoms with Crippen LogP contribution >= 0.6 is 11.3 Å². The van der Waals surface area contributed by atoms with Crippen LogP contribution in [0, 0.1) is 0 Å². The quantitative estimate of drug-likeness (QED) is 0.720. The van der Waals surface area contributed by atoms with Crippen LogP contribution in [0.15, 0.2) is 46.7 Å². The Bertz CT molecular complexity index is 920. The monoisotopic (exact) mass is 379 g/mol. The molecule has 2 aromatic rings. The number of carboxylic acids is 1. The van der Waals surface area contributed by atoms with E-state index in [4.69, 9.17) is 0 Å². The van der Waals surface area contributed by atoms with Gasteiger partial charge in [0.15, 0.2) is 5.78 Å². The third-order valence-corrected chi connectivity index (χ3v) is 7.43. The number of hydrogen-bond acceptors (Lipinski definition) is 5. The molecule has 1 unspecified atom stereocenters. The fourth-order valence-corrected chi connectivity index (χ4v) is 5.54. The second-order valence-electron chi connectivity index (χ2n) is 5.94. The number of carbonyl (C=O) groups excluding carboxylic acids is 1. The standard InChI is InChI=1S/C17H17NO5S2/c1-2-13(19)14-8-9-15(24-14)25(22,23)18-17(16(20)21)10-12(17)11-6-4-3-5-7-11/h3-9,12,18H,2,10H2,1H3,(H,20,21)/t12-,17?/m0/s1. The number of Topliss-reactive ketones (excluding diaryl/α,β-unsaturated/α-hetero) is 1. The number of carbonyl (C=O) groups is 2. The molecule has 1 saturated carbocycles. The minimum absolute atomic E-state index is 0.0522. The van der Waals surface area contributed by atoms with Crippen LogP contribution in [0.3, 0.4) is 0 Å². The maximum Gasteiger partial charge on any atom is 0.325 e. The molecule has 0 spiro atoms. The lowest BCUT2D eigenvalue weighted by Crippen LogP contribution is -2.44. The summed E-state index contributed by atoms with van der Waals surface area (Å²) in [6.07, 6.45) is 0.472. The van der Waals surface area contributed by atoms with E-state index in [1.807, 2.05) is 6.07 Å². The number of benzene rings is 1. The van der Waals surface area contributed by atoms with Crippen molar-refractivity contribution >= 4 is 33.1 Å². The molecule has 6 nitrogen and oxygen atoms in total. The van der Waals surface area contributed by atoms with Crippen molar-refractivity contribution in [1.82, 2.24) is 4.72 Å². The molecule has 0 bridgehead atoms. The van der Waals surface area contributed by atoms with Gasteiger partial charge in [-0.2, -0.15) is 4.72 Å². The molecule has 2 N–H and O–H groups in total. The zero-order valence-corrected chi connectivity index (χ0v) is 15.1. The molecule has 0 saturated heterocycles. The maximum absolute atomic E-state index is 12.6. The van der Waals surface area contributed by atoms with Gasteiger partial charge in [0.05, 0.1) is 4.88 Å². The van der Waals surface area contributed by atoms with Gasteiger partial charge < -0.3 is 5.11 Å². The molecule has 132 valence electrons. The Morgan fingerprint density at radius 3 is 2.52 bits per heavy atom. The summed E-state index contributed by atoms with van der Waals surface area (Å²) in [5.41, 5.74) is -0.764. The first kappa shape index (κ1) is 17.8. The minimum Gasteiger partial charge on any atom is -0.480 e. The molecule has 8 heteroatoms. The molecule has 1 aromatic carbocycles. The summed E-state index contributed by atoms with van der Waals surface area (Å²) in [7, 11) is -4.03. The Labute approximate surface area is 149 Å². The number of nitrogens with one attached hydrogen (secondary N) is 1.